The summed E-state index contributed by atoms with van der Waals surface area (Å²) in [7, 11) is 0. The highest BCUT2D eigenvalue weighted by atomic mass is 19.4. The molecular formula is C32H36F17N. The summed E-state index contributed by atoms with van der Waals surface area (Å²) in [6.45, 7) is 3.88. The lowest BCUT2D eigenvalue weighted by molar-refractivity contribution is -0.320. The molecule has 288 valence electrons. The predicted octanol–water partition coefficient (Wildman–Crippen LogP) is 13.0. The summed E-state index contributed by atoms with van der Waals surface area (Å²) < 4.78 is 228. The van der Waals surface area contributed by atoms with E-state index in [-0.39, 0.29) is 12.8 Å². The molecule has 18 heteroatoms. The second kappa shape index (κ2) is 18.6. The molecule has 0 aromatic heterocycles. The molecule has 0 amide bonds. The Morgan fingerprint density at radius 3 is 1.32 bits per heavy atom. The van der Waals surface area contributed by atoms with Crippen LogP contribution in [0.3, 0.4) is 0 Å². The van der Waals surface area contributed by atoms with E-state index < -0.39 is 106 Å². The number of alkyl halides is 9. The van der Waals surface area contributed by atoms with Crippen molar-refractivity contribution < 1.29 is 74.6 Å². The third-order valence-corrected chi connectivity index (χ3v) is 7.63. The van der Waals surface area contributed by atoms with Crippen LogP contribution in [-0.4, -0.2) is 24.4 Å². The Morgan fingerprint density at radius 1 is 0.460 bits per heavy atom. The second-order valence-corrected chi connectivity index (χ2v) is 11.5. The molecule has 2 rings (SSSR count). The Balaban J connectivity index is 0.000000500. The van der Waals surface area contributed by atoms with E-state index in [2.05, 4.69) is 6.92 Å². The van der Waals surface area contributed by atoms with Gasteiger partial charge in [-0.05, 0) is 25.3 Å². The number of nitrogens with one attached hydrogen (secondary N) is 1. The van der Waals surface area contributed by atoms with Crippen LogP contribution in [-0.2, 0) is 6.18 Å². The van der Waals surface area contributed by atoms with Gasteiger partial charge in [-0.1, -0.05) is 71.6 Å². The van der Waals surface area contributed by atoms with Gasteiger partial charge in [-0.25, -0.2) is 35.1 Å². The van der Waals surface area contributed by atoms with Crippen molar-refractivity contribution in [3.8, 4) is 11.1 Å². The zero-order valence-electron chi connectivity index (χ0n) is 27.1. The van der Waals surface area contributed by atoms with Crippen molar-refractivity contribution >= 4 is 0 Å². The molecule has 0 heterocycles. The molecule has 2 aromatic carbocycles. The summed E-state index contributed by atoms with van der Waals surface area (Å²) in [6.07, 6.45) is 0.386. The second-order valence-electron chi connectivity index (χ2n) is 11.5. The van der Waals surface area contributed by atoms with Gasteiger partial charge in [0.2, 0.25) is 5.82 Å². The van der Waals surface area contributed by atoms with Crippen LogP contribution in [0.25, 0.3) is 11.1 Å². The maximum absolute atomic E-state index is 13.8. The lowest BCUT2D eigenvalue weighted by Gasteiger charge is -2.33. The van der Waals surface area contributed by atoms with Crippen LogP contribution in [0.4, 0.5) is 74.6 Å². The summed E-state index contributed by atoms with van der Waals surface area (Å²) in [6, 6.07) is -4.91. The van der Waals surface area contributed by atoms with Crippen molar-refractivity contribution in [3.05, 3.63) is 57.7 Å². The molecule has 0 unspecified atom stereocenters. The largest absolute Gasteiger partial charge is 0.419 e. The summed E-state index contributed by atoms with van der Waals surface area (Å²) >= 11 is 0. The van der Waals surface area contributed by atoms with E-state index in [0.29, 0.717) is 26.2 Å². The van der Waals surface area contributed by atoms with E-state index >= 15 is 0 Å². The minimum absolute atomic E-state index is 0.190. The van der Waals surface area contributed by atoms with Crippen LogP contribution >= 0.6 is 0 Å². The fourth-order valence-electron chi connectivity index (χ4n) is 4.78. The van der Waals surface area contributed by atoms with E-state index in [1.807, 2.05) is 6.92 Å². The number of halogens is 17. The van der Waals surface area contributed by atoms with Gasteiger partial charge in [0, 0.05) is 18.5 Å². The van der Waals surface area contributed by atoms with Crippen LogP contribution < -0.4 is 5.32 Å². The fraction of sp³-hybridized carbons (Fsp3) is 0.625. The lowest BCUT2D eigenvalue weighted by atomic mass is 9.92. The van der Waals surface area contributed by atoms with Crippen LogP contribution in [0, 0.1) is 53.5 Å². The maximum atomic E-state index is 13.8. The van der Waals surface area contributed by atoms with Crippen LogP contribution in [0.1, 0.15) is 102 Å². The average Bonchev–Trinajstić information content (AvgIpc) is 3.03. The SMILES string of the molecule is CCCCCCCCCNC(F)(F)C(F)(F)C(F)(F)CCCCCC.Cc1c(F)c(F)c(F)c(C(F)(F)F)c1-c1c(F)c(F)c(F)c(F)c1F. The van der Waals surface area contributed by atoms with Gasteiger partial charge in [0.05, 0.1) is 5.56 Å². The third-order valence-electron chi connectivity index (χ3n) is 7.63. The molecule has 0 atom stereocenters. The molecule has 0 bridgehead atoms. The summed E-state index contributed by atoms with van der Waals surface area (Å²) in [5.41, 5.74) is -8.45. The van der Waals surface area contributed by atoms with Crippen molar-refractivity contribution in [1.29, 1.82) is 0 Å². The van der Waals surface area contributed by atoms with Gasteiger partial charge in [-0.3, -0.25) is 5.32 Å². The number of benzene rings is 2. The molecule has 2 aromatic rings. The Hall–Kier alpha value is -2.79. The average molecular weight is 758 g/mol. The van der Waals surface area contributed by atoms with E-state index in [1.54, 1.807) is 0 Å². The number of unbranched alkanes of at least 4 members (excludes halogenated alkanes) is 9. The van der Waals surface area contributed by atoms with Gasteiger partial charge in [0.1, 0.15) is 5.56 Å². The predicted molar refractivity (Wildman–Crippen MR) is 151 cm³/mol. The molecular weight excluding hydrogens is 721 g/mol. The van der Waals surface area contributed by atoms with E-state index in [9.17, 15) is 74.6 Å². The highest BCUT2D eigenvalue weighted by molar-refractivity contribution is 5.73. The first-order valence-corrected chi connectivity index (χ1v) is 15.6. The van der Waals surface area contributed by atoms with Gasteiger partial charge >= 0.3 is 24.1 Å². The Kier molecular flexibility index (Phi) is 16.8. The fourth-order valence-corrected chi connectivity index (χ4v) is 4.78. The third kappa shape index (κ3) is 10.6. The minimum Gasteiger partial charge on any atom is -0.253 e. The van der Waals surface area contributed by atoms with Crippen LogP contribution in [0.15, 0.2) is 0 Å². The van der Waals surface area contributed by atoms with Crippen molar-refractivity contribution in [3.63, 3.8) is 0 Å². The zero-order chi connectivity index (χ0) is 38.8. The summed E-state index contributed by atoms with van der Waals surface area (Å²) in [5.74, 6) is -31.3. The van der Waals surface area contributed by atoms with Gasteiger partial charge in [-0.2, -0.15) is 39.5 Å². The molecule has 1 nitrogen and oxygen atoms in total. The number of hydrogen-bond acceptors (Lipinski definition) is 1. The lowest BCUT2D eigenvalue weighted by Crippen LogP contribution is -2.61. The first kappa shape index (κ1) is 45.2. The minimum atomic E-state index is -5.83. The molecule has 0 fully saturated rings. The molecule has 50 heavy (non-hydrogen) atoms. The van der Waals surface area contributed by atoms with Crippen molar-refractivity contribution in [2.75, 3.05) is 6.54 Å². The van der Waals surface area contributed by atoms with Crippen LogP contribution in [0.5, 0.6) is 0 Å². The number of hydrogen-bond donors (Lipinski definition) is 1. The summed E-state index contributed by atoms with van der Waals surface area (Å²) in [5, 5.41) is 1.35. The van der Waals surface area contributed by atoms with E-state index in [4.69, 9.17) is 0 Å². The smallest absolute Gasteiger partial charge is 0.253 e. The van der Waals surface area contributed by atoms with Gasteiger partial charge in [-0.15, -0.1) is 0 Å². The van der Waals surface area contributed by atoms with Crippen molar-refractivity contribution in [2.24, 2.45) is 0 Å². The highest BCUT2D eigenvalue weighted by Gasteiger charge is 2.70. The van der Waals surface area contributed by atoms with Crippen LogP contribution in [0.2, 0.25) is 0 Å². The standard InChI is InChI=1S/C18H33F6N.C14H3F11/c1-3-5-7-9-10-11-13-15-25-18(23,24)17(21,22)16(19,20)14-12-8-6-4-2;1-2-3(4-7(16)11(20)13(22)12(21)8(4)17)5(14(23,24)25)9(18)10(19)6(2)15/h25H,3-15H2,1-2H3;1H3. The summed E-state index contributed by atoms with van der Waals surface area (Å²) in [4.78, 5) is 0. The quantitative estimate of drug-likeness (QED) is 0.0557. The molecule has 0 aliphatic carbocycles. The molecule has 0 saturated heterocycles. The highest BCUT2D eigenvalue weighted by Crippen LogP contribution is 2.47. The topological polar surface area (TPSA) is 12.0 Å². The number of rotatable bonds is 17. The van der Waals surface area contributed by atoms with Gasteiger partial charge in [0.25, 0.3) is 0 Å². The molecule has 0 aliphatic heterocycles. The zero-order valence-corrected chi connectivity index (χ0v) is 27.1. The van der Waals surface area contributed by atoms with E-state index in [1.165, 1.54) is 5.32 Å². The van der Waals surface area contributed by atoms with Gasteiger partial charge in [0.15, 0.2) is 40.7 Å². The molecule has 0 saturated carbocycles. The Bertz CT molecular complexity index is 1370. The maximum Gasteiger partial charge on any atom is 0.419 e. The molecule has 0 radical (unpaired) electrons. The Labute approximate surface area is 277 Å². The molecule has 0 spiro atoms. The van der Waals surface area contributed by atoms with Gasteiger partial charge < -0.3 is 0 Å². The molecule has 1 N–H and O–H groups in total. The normalized spacial score (nSPS) is 12.7. The first-order valence-electron chi connectivity index (χ1n) is 15.6. The van der Waals surface area contributed by atoms with Crippen molar-refractivity contribution in [2.45, 2.75) is 122 Å². The van der Waals surface area contributed by atoms with Crippen molar-refractivity contribution in [1.82, 2.24) is 5.32 Å². The Morgan fingerprint density at radius 2 is 0.860 bits per heavy atom. The molecule has 0 aliphatic rings. The first-order chi connectivity index (χ1) is 22.9. The van der Waals surface area contributed by atoms with E-state index in [0.717, 1.165) is 38.5 Å². The monoisotopic (exact) mass is 757 g/mol.